The molecular formula is C50H57N3O. The minimum Gasteiger partial charge on any atom is -0.475 e. The van der Waals surface area contributed by atoms with E-state index in [4.69, 9.17) is 14.7 Å². The molecule has 54 heavy (non-hydrogen) atoms. The molecule has 0 unspecified atom stereocenters. The van der Waals surface area contributed by atoms with Crippen molar-refractivity contribution in [2.24, 2.45) is 10.9 Å². The number of rotatable bonds is 7. The third-order valence-electron chi connectivity index (χ3n) is 12.3. The first-order chi connectivity index (χ1) is 25.8. The largest absolute Gasteiger partial charge is 0.475 e. The lowest BCUT2D eigenvalue weighted by molar-refractivity contribution is 0.170. The second kappa shape index (κ2) is 13.9. The summed E-state index contributed by atoms with van der Waals surface area (Å²) in [5.41, 5.74) is 14.3. The monoisotopic (exact) mass is 715 g/mol. The van der Waals surface area contributed by atoms with Crippen molar-refractivity contribution in [1.82, 2.24) is 9.55 Å². The molecule has 1 aliphatic carbocycles. The van der Waals surface area contributed by atoms with E-state index in [0.717, 1.165) is 28.4 Å². The Morgan fingerprint density at radius 1 is 0.741 bits per heavy atom. The van der Waals surface area contributed by atoms with Gasteiger partial charge >= 0.3 is 0 Å². The predicted octanol–water partition coefficient (Wildman–Crippen LogP) is 13.5. The SMILES string of the molecule is Cc1ccc2c(c1)c1ccc(-c3cc(C(C)(C)C)ccn3)cc1n2-c1cc(C2=N[C@](C)(C3CCCCC3)CO2)cc(-c2c(C(C)C)cccc2C(C)C)c1. The van der Waals surface area contributed by atoms with Crippen molar-refractivity contribution in [3.8, 4) is 28.1 Å². The van der Waals surface area contributed by atoms with Crippen LogP contribution in [0, 0.1) is 12.8 Å². The highest BCUT2D eigenvalue weighted by molar-refractivity contribution is 6.10. The molecular weight excluding hydrogens is 659 g/mol. The van der Waals surface area contributed by atoms with E-state index in [1.54, 1.807) is 0 Å². The molecule has 0 bridgehead atoms. The first-order valence-corrected chi connectivity index (χ1v) is 20.3. The van der Waals surface area contributed by atoms with Crippen LogP contribution in [-0.2, 0) is 10.2 Å². The van der Waals surface area contributed by atoms with Crippen molar-refractivity contribution >= 4 is 27.7 Å². The van der Waals surface area contributed by atoms with Crippen LogP contribution in [0.15, 0.2) is 96.1 Å². The summed E-state index contributed by atoms with van der Waals surface area (Å²) in [4.78, 5) is 10.4. The number of aryl methyl sites for hydroxylation is 1. The first kappa shape index (κ1) is 36.3. The lowest BCUT2D eigenvalue weighted by Crippen LogP contribution is -2.35. The van der Waals surface area contributed by atoms with Gasteiger partial charge in [0, 0.05) is 33.8 Å². The van der Waals surface area contributed by atoms with Crippen LogP contribution in [-0.4, -0.2) is 27.6 Å². The number of ether oxygens (including phenoxy) is 1. The molecule has 4 heteroatoms. The van der Waals surface area contributed by atoms with Gasteiger partial charge < -0.3 is 9.30 Å². The molecule has 2 aromatic heterocycles. The van der Waals surface area contributed by atoms with E-state index in [1.807, 2.05) is 6.20 Å². The van der Waals surface area contributed by atoms with Gasteiger partial charge in [0.05, 0.1) is 22.3 Å². The summed E-state index contributed by atoms with van der Waals surface area (Å²) in [7, 11) is 0. The Labute approximate surface area is 322 Å². The highest BCUT2D eigenvalue weighted by Crippen LogP contribution is 2.43. The van der Waals surface area contributed by atoms with Crippen molar-refractivity contribution in [2.75, 3.05) is 6.61 Å². The molecule has 0 radical (unpaired) electrons. The van der Waals surface area contributed by atoms with Gasteiger partial charge in [-0.1, -0.05) is 110 Å². The van der Waals surface area contributed by atoms with E-state index in [2.05, 4.69) is 152 Å². The molecule has 1 saturated carbocycles. The molecule has 278 valence electrons. The van der Waals surface area contributed by atoms with Gasteiger partial charge in [0.25, 0.3) is 0 Å². The van der Waals surface area contributed by atoms with Gasteiger partial charge in [0.1, 0.15) is 6.61 Å². The van der Waals surface area contributed by atoms with Gasteiger partial charge in [-0.2, -0.15) is 0 Å². The van der Waals surface area contributed by atoms with Crippen molar-refractivity contribution < 1.29 is 4.74 Å². The molecule has 0 saturated heterocycles. The quantitative estimate of drug-likeness (QED) is 0.165. The molecule has 1 atom stereocenters. The van der Waals surface area contributed by atoms with E-state index in [0.29, 0.717) is 24.4 Å². The van der Waals surface area contributed by atoms with Gasteiger partial charge in [-0.05, 0) is 126 Å². The maximum Gasteiger partial charge on any atom is 0.216 e. The molecule has 2 aliphatic rings. The second-order valence-electron chi connectivity index (χ2n) is 18.1. The van der Waals surface area contributed by atoms with E-state index < -0.39 is 0 Å². The van der Waals surface area contributed by atoms with Crippen LogP contribution in [0.4, 0.5) is 0 Å². The molecule has 4 nitrogen and oxygen atoms in total. The molecule has 6 aromatic rings. The van der Waals surface area contributed by atoms with Gasteiger partial charge in [0.2, 0.25) is 5.90 Å². The van der Waals surface area contributed by atoms with Crippen LogP contribution in [0.1, 0.15) is 127 Å². The lowest BCUT2D eigenvalue weighted by atomic mass is 9.76. The lowest BCUT2D eigenvalue weighted by Gasteiger charge is -2.32. The van der Waals surface area contributed by atoms with Crippen LogP contribution < -0.4 is 0 Å². The molecule has 0 spiro atoms. The van der Waals surface area contributed by atoms with Crippen molar-refractivity contribution in [3.05, 3.63) is 119 Å². The van der Waals surface area contributed by atoms with Gasteiger partial charge in [-0.15, -0.1) is 0 Å². The molecule has 1 aliphatic heterocycles. The topological polar surface area (TPSA) is 39.4 Å². The van der Waals surface area contributed by atoms with Crippen molar-refractivity contribution in [1.29, 1.82) is 0 Å². The second-order valence-corrected chi connectivity index (χ2v) is 18.1. The van der Waals surface area contributed by atoms with Crippen molar-refractivity contribution in [3.63, 3.8) is 0 Å². The Morgan fingerprint density at radius 3 is 2.17 bits per heavy atom. The standard InChI is InChI=1S/C50H57N3O/c1-31(2)40-16-13-17-41(32(3)4)47(40)35-25-36(48-52-50(9,30-54-48)37-14-11-10-12-15-37)27-39(26-35)53-45-21-18-33(5)24-43(45)42-20-19-34(28-46(42)53)44-29-38(22-23-51-44)49(6,7)8/h13,16-29,31-32,37H,10-12,14-15,30H2,1-9H3/t50-/m0/s1. The first-order valence-electron chi connectivity index (χ1n) is 20.3. The molecule has 3 heterocycles. The number of pyridine rings is 1. The third-order valence-corrected chi connectivity index (χ3v) is 12.3. The number of aliphatic imine (C=N–C) groups is 1. The molecule has 0 N–H and O–H groups in total. The third kappa shape index (κ3) is 6.56. The Kier molecular flexibility index (Phi) is 9.31. The van der Waals surface area contributed by atoms with Gasteiger partial charge in [-0.3, -0.25) is 4.98 Å². The summed E-state index contributed by atoms with van der Waals surface area (Å²) in [6.45, 7) is 21.2. The number of hydrogen-bond donors (Lipinski definition) is 0. The minimum absolute atomic E-state index is 0.0320. The average Bonchev–Trinajstić information content (AvgIpc) is 3.72. The van der Waals surface area contributed by atoms with Crippen molar-refractivity contribution in [2.45, 2.75) is 117 Å². The Balaban J connectivity index is 1.40. The maximum atomic E-state index is 6.67. The predicted molar refractivity (Wildman–Crippen MR) is 229 cm³/mol. The summed E-state index contributed by atoms with van der Waals surface area (Å²) in [5.74, 6) is 2.08. The zero-order valence-corrected chi connectivity index (χ0v) is 33.9. The molecule has 0 amide bonds. The van der Waals surface area contributed by atoms with E-state index in [9.17, 15) is 0 Å². The number of fused-ring (bicyclic) bond motifs is 3. The number of nitrogens with zero attached hydrogens (tertiary/aromatic N) is 3. The zero-order chi connectivity index (χ0) is 37.9. The summed E-state index contributed by atoms with van der Waals surface area (Å²) < 4.78 is 9.13. The fourth-order valence-corrected chi connectivity index (χ4v) is 9.11. The van der Waals surface area contributed by atoms with Crippen LogP contribution in [0.5, 0.6) is 0 Å². The van der Waals surface area contributed by atoms with E-state index in [-0.39, 0.29) is 11.0 Å². The summed E-state index contributed by atoms with van der Waals surface area (Å²) >= 11 is 0. The zero-order valence-electron chi connectivity index (χ0n) is 33.9. The molecule has 8 rings (SSSR count). The maximum absolute atomic E-state index is 6.67. The van der Waals surface area contributed by atoms with Gasteiger partial charge in [0.15, 0.2) is 0 Å². The molecule has 1 fully saturated rings. The van der Waals surface area contributed by atoms with Crippen LogP contribution in [0.3, 0.4) is 0 Å². The summed E-state index contributed by atoms with van der Waals surface area (Å²) in [5, 5.41) is 2.49. The number of hydrogen-bond acceptors (Lipinski definition) is 3. The van der Waals surface area contributed by atoms with E-state index >= 15 is 0 Å². The smallest absolute Gasteiger partial charge is 0.216 e. The fraction of sp³-hybridized carbons (Fsp3) is 0.400. The van der Waals surface area contributed by atoms with E-state index in [1.165, 1.54) is 87.3 Å². The Morgan fingerprint density at radius 2 is 1.46 bits per heavy atom. The Hall–Kier alpha value is -4.70. The van der Waals surface area contributed by atoms with Gasteiger partial charge in [-0.25, -0.2) is 4.99 Å². The highest BCUT2D eigenvalue weighted by atomic mass is 16.5. The Bertz CT molecular complexity index is 2370. The van der Waals surface area contributed by atoms with Crippen LogP contribution in [0.25, 0.3) is 49.9 Å². The number of aromatic nitrogens is 2. The average molecular weight is 716 g/mol. The normalized spacial score (nSPS) is 18.2. The summed E-state index contributed by atoms with van der Waals surface area (Å²) in [6.07, 6.45) is 8.34. The highest BCUT2D eigenvalue weighted by Gasteiger charge is 2.40. The molecule has 4 aromatic carbocycles. The minimum atomic E-state index is -0.196. The van der Waals surface area contributed by atoms with Crippen LogP contribution >= 0.6 is 0 Å². The number of benzene rings is 4. The van der Waals surface area contributed by atoms with Crippen LogP contribution in [0.2, 0.25) is 0 Å². The fourth-order valence-electron chi connectivity index (χ4n) is 9.11. The summed E-state index contributed by atoms with van der Waals surface area (Å²) in [6, 6.07) is 32.1.